The number of benzene rings is 1. The molecule has 1 saturated heterocycles. The Balaban J connectivity index is 1.93. The number of H-pyrrole nitrogens is 1. The first-order valence-corrected chi connectivity index (χ1v) is 6.67. The summed E-state index contributed by atoms with van der Waals surface area (Å²) in [6, 6.07) is 8.04. The number of hydrogen-bond acceptors (Lipinski definition) is 2. The standard InChI is InChI=1S/C15H18N2O2/c1-19-10-12-5-3-9-17(12)15(18)13-6-2-4-11-7-8-16-14(11)13/h2,4,6-8,12,16H,3,5,9-10H2,1H3. The van der Waals surface area contributed by atoms with Crippen molar-refractivity contribution in [2.75, 3.05) is 20.3 Å². The molecule has 0 radical (unpaired) electrons. The molecule has 1 amide bonds. The summed E-state index contributed by atoms with van der Waals surface area (Å²) < 4.78 is 5.21. The highest BCUT2D eigenvalue weighted by Crippen LogP contribution is 2.24. The van der Waals surface area contributed by atoms with E-state index >= 15 is 0 Å². The van der Waals surface area contributed by atoms with E-state index in [1.165, 1.54) is 0 Å². The number of amides is 1. The van der Waals surface area contributed by atoms with E-state index in [1.807, 2.05) is 35.4 Å². The van der Waals surface area contributed by atoms with Crippen LogP contribution in [0.3, 0.4) is 0 Å². The topological polar surface area (TPSA) is 45.3 Å². The molecule has 1 aliphatic heterocycles. The van der Waals surface area contributed by atoms with E-state index in [0.29, 0.717) is 6.61 Å². The number of carbonyl (C=O) groups excluding carboxylic acids is 1. The minimum Gasteiger partial charge on any atom is -0.383 e. The summed E-state index contributed by atoms with van der Waals surface area (Å²) in [7, 11) is 1.69. The van der Waals surface area contributed by atoms with Gasteiger partial charge in [0.15, 0.2) is 0 Å². The van der Waals surface area contributed by atoms with Gasteiger partial charge in [0.25, 0.3) is 5.91 Å². The molecule has 0 saturated carbocycles. The smallest absolute Gasteiger partial charge is 0.256 e. The van der Waals surface area contributed by atoms with Crippen LogP contribution in [0.1, 0.15) is 23.2 Å². The van der Waals surface area contributed by atoms with Crippen LogP contribution >= 0.6 is 0 Å². The molecule has 4 heteroatoms. The van der Waals surface area contributed by atoms with Gasteiger partial charge in [0.05, 0.1) is 23.7 Å². The Morgan fingerprint density at radius 3 is 3.21 bits per heavy atom. The Hall–Kier alpha value is -1.81. The second kappa shape index (κ2) is 5.05. The summed E-state index contributed by atoms with van der Waals surface area (Å²) in [6.07, 6.45) is 3.96. The lowest BCUT2D eigenvalue weighted by molar-refractivity contribution is 0.0632. The third-order valence-electron chi connectivity index (χ3n) is 3.81. The van der Waals surface area contributed by atoms with Crippen LogP contribution < -0.4 is 0 Å². The van der Waals surface area contributed by atoms with Gasteiger partial charge in [-0.1, -0.05) is 12.1 Å². The minimum absolute atomic E-state index is 0.104. The summed E-state index contributed by atoms with van der Waals surface area (Å²) >= 11 is 0. The average Bonchev–Trinajstić information content (AvgIpc) is 3.06. The van der Waals surface area contributed by atoms with Gasteiger partial charge in [-0.3, -0.25) is 4.79 Å². The molecule has 19 heavy (non-hydrogen) atoms. The molecule has 1 N–H and O–H groups in total. The van der Waals surface area contributed by atoms with E-state index in [0.717, 1.165) is 35.9 Å². The minimum atomic E-state index is 0.104. The highest BCUT2D eigenvalue weighted by molar-refractivity contribution is 6.05. The zero-order valence-electron chi connectivity index (χ0n) is 11.1. The van der Waals surface area contributed by atoms with Crippen molar-refractivity contribution in [3.05, 3.63) is 36.0 Å². The number of methoxy groups -OCH3 is 1. The van der Waals surface area contributed by atoms with E-state index < -0.39 is 0 Å². The molecule has 2 heterocycles. The number of aromatic amines is 1. The van der Waals surface area contributed by atoms with E-state index in [9.17, 15) is 4.79 Å². The van der Waals surface area contributed by atoms with Gasteiger partial charge in [0, 0.05) is 25.2 Å². The normalized spacial score (nSPS) is 19.2. The maximum atomic E-state index is 12.7. The maximum Gasteiger partial charge on any atom is 0.256 e. The van der Waals surface area contributed by atoms with Crippen LogP contribution in [0.2, 0.25) is 0 Å². The number of hydrogen-bond donors (Lipinski definition) is 1. The third-order valence-corrected chi connectivity index (χ3v) is 3.81. The summed E-state index contributed by atoms with van der Waals surface area (Å²) in [5.41, 5.74) is 1.68. The largest absolute Gasteiger partial charge is 0.383 e. The van der Waals surface area contributed by atoms with Crippen LogP contribution in [0.4, 0.5) is 0 Å². The summed E-state index contributed by atoms with van der Waals surface area (Å²) in [4.78, 5) is 17.8. The Morgan fingerprint density at radius 1 is 1.47 bits per heavy atom. The van der Waals surface area contributed by atoms with Crippen LogP contribution in [0.15, 0.2) is 30.5 Å². The monoisotopic (exact) mass is 258 g/mol. The number of nitrogens with one attached hydrogen (secondary N) is 1. The van der Waals surface area contributed by atoms with Crippen molar-refractivity contribution in [2.45, 2.75) is 18.9 Å². The molecule has 100 valence electrons. The Labute approximate surface area is 112 Å². The zero-order valence-corrected chi connectivity index (χ0v) is 11.1. The maximum absolute atomic E-state index is 12.7. The molecular formula is C15H18N2O2. The second-order valence-corrected chi connectivity index (χ2v) is 5.00. The Morgan fingerprint density at radius 2 is 2.37 bits per heavy atom. The van der Waals surface area contributed by atoms with Crippen molar-refractivity contribution < 1.29 is 9.53 Å². The lowest BCUT2D eigenvalue weighted by atomic mass is 10.1. The van der Waals surface area contributed by atoms with Crippen molar-refractivity contribution in [3.63, 3.8) is 0 Å². The molecular weight excluding hydrogens is 240 g/mol. The van der Waals surface area contributed by atoms with Crippen molar-refractivity contribution in [3.8, 4) is 0 Å². The molecule has 1 fully saturated rings. The fraction of sp³-hybridized carbons (Fsp3) is 0.400. The molecule has 3 rings (SSSR count). The van der Waals surface area contributed by atoms with Gasteiger partial charge in [-0.15, -0.1) is 0 Å². The van der Waals surface area contributed by atoms with Gasteiger partial charge in [-0.2, -0.15) is 0 Å². The van der Waals surface area contributed by atoms with E-state index in [2.05, 4.69) is 4.98 Å². The van der Waals surface area contributed by atoms with E-state index in [1.54, 1.807) is 7.11 Å². The van der Waals surface area contributed by atoms with Gasteiger partial charge < -0.3 is 14.6 Å². The molecule has 2 aromatic rings. The highest BCUT2D eigenvalue weighted by atomic mass is 16.5. The first-order chi connectivity index (χ1) is 9.31. The number of fused-ring (bicyclic) bond motifs is 1. The summed E-state index contributed by atoms with van der Waals surface area (Å²) in [5, 5.41) is 1.08. The van der Waals surface area contributed by atoms with Gasteiger partial charge in [0.2, 0.25) is 0 Å². The first kappa shape index (κ1) is 12.2. The van der Waals surface area contributed by atoms with Crippen molar-refractivity contribution in [1.82, 2.24) is 9.88 Å². The van der Waals surface area contributed by atoms with Crippen LogP contribution in [0, 0.1) is 0 Å². The van der Waals surface area contributed by atoms with Crippen LogP contribution in [0.25, 0.3) is 10.9 Å². The van der Waals surface area contributed by atoms with Gasteiger partial charge in [0.1, 0.15) is 0 Å². The molecule has 4 nitrogen and oxygen atoms in total. The summed E-state index contributed by atoms with van der Waals surface area (Å²) in [5.74, 6) is 0.104. The molecule has 1 unspecified atom stereocenters. The highest BCUT2D eigenvalue weighted by Gasteiger charge is 2.30. The third kappa shape index (κ3) is 2.12. The molecule has 1 atom stereocenters. The summed E-state index contributed by atoms with van der Waals surface area (Å²) in [6.45, 7) is 1.44. The lowest BCUT2D eigenvalue weighted by Gasteiger charge is -2.24. The number of aromatic nitrogens is 1. The molecule has 1 aliphatic rings. The van der Waals surface area contributed by atoms with Gasteiger partial charge in [-0.05, 0) is 25.0 Å². The predicted octanol–water partition coefficient (Wildman–Crippen LogP) is 2.42. The number of nitrogens with zero attached hydrogens (tertiary/aromatic N) is 1. The van der Waals surface area contributed by atoms with Crippen LogP contribution in [-0.2, 0) is 4.74 Å². The zero-order chi connectivity index (χ0) is 13.2. The predicted molar refractivity (Wildman–Crippen MR) is 74.2 cm³/mol. The number of para-hydroxylation sites is 1. The Bertz CT molecular complexity index is 591. The first-order valence-electron chi connectivity index (χ1n) is 6.67. The van der Waals surface area contributed by atoms with Gasteiger partial charge in [-0.25, -0.2) is 0 Å². The number of carbonyl (C=O) groups is 1. The second-order valence-electron chi connectivity index (χ2n) is 5.00. The average molecular weight is 258 g/mol. The fourth-order valence-corrected chi connectivity index (χ4v) is 2.89. The number of likely N-dealkylation sites (tertiary alicyclic amines) is 1. The molecule has 0 aliphatic carbocycles. The SMILES string of the molecule is COCC1CCCN1C(=O)c1cccc2cc[nH]c12. The van der Waals surface area contributed by atoms with Crippen molar-refractivity contribution >= 4 is 16.8 Å². The quantitative estimate of drug-likeness (QED) is 0.919. The number of ether oxygens (including phenoxy) is 1. The van der Waals surface area contributed by atoms with Crippen molar-refractivity contribution in [1.29, 1.82) is 0 Å². The molecule has 1 aromatic carbocycles. The fourth-order valence-electron chi connectivity index (χ4n) is 2.89. The molecule has 1 aromatic heterocycles. The van der Waals surface area contributed by atoms with Crippen LogP contribution in [0.5, 0.6) is 0 Å². The molecule has 0 bridgehead atoms. The van der Waals surface area contributed by atoms with Crippen molar-refractivity contribution in [2.24, 2.45) is 0 Å². The number of rotatable bonds is 3. The lowest BCUT2D eigenvalue weighted by Crippen LogP contribution is -2.38. The van der Waals surface area contributed by atoms with Crippen LogP contribution in [-0.4, -0.2) is 42.1 Å². The molecule has 0 spiro atoms. The van der Waals surface area contributed by atoms with E-state index in [4.69, 9.17) is 4.74 Å². The van der Waals surface area contributed by atoms with Gasteiger partial charge >= 0.3 is 0 Å². The van der Waals surface area contributed by atoms with E-state index in [-0.39, 0.29) is 11.9 Å². The Kier molecular flexibility index (Phi) is 3.25.